The number of hydrogen-bond acceptors (Lipinski definition) is 5. The Hall–Kier alpha value is -1.18. The Morgan fingerprint density at radius 3 is 2.05 bits per heavy atom. The van der Waals surface area contributed by atoms with E-state index in [-0.39, 0.29) is 18.4 Å². The molecule has 0 aliphatic heterocycles. The van der Waals surface area contributed by atoms with Crippen LogP contribution in [0.1, 0.15) is 26.2 Å². The Labute approximate surface area is 124 Å². The molecule has 2 rings (SSSR count). The highest BCUT2D eigenvalue weighted by Gasteiger charge is 2.59. The largest absolute Gasteiger partial charge is 0.481 e. The zero-order chi connectivity index (χ0) is 16.3. The molecule has 21 heavy (non-hydrogen) atoms. The van der Waals surface area contributed by atoms with Crippen molar-refractivity contribution >= 4 is 11.9 Å². The molecular formula is C14H25NO6. The number of aliphatic hydroxyl groups is 1. The monoisotopic (exact) mass is 303 g/mol. The third-order valence-corrected chi connectivity index (χ3v) is 4.81. The summed E-state index contributed by atoms with van der Waals surface area (Å²) in [7, 11) is 3.21. The lowest BCUT2D eigenvalue weighted by atomic mass is 10.0. The van der Waals surface area contributed by atoms with E-state index in [0.717, 1.165) is 12.8 Å². The van der Waals surface area contributed by atoms with Crippen LogP contribution in [0.25, 0.3) is 0 Å². The molecule has 0 aromatic heterocycles. The molecule has 0 saturated heterocycles. The van der Waals surface area contributed by atoms with Crippen molar-refractivity contribution in [2.45, 2.75) is 31.7 Å². The first-order chi connectivity index (χ1) is 9.84. The van der Waals surface area contributed by atoms with Gasteiger partial charge in [-0.1, -0.05) is 6.92 Å². The standard InChI is InChI=1S/C8H14O3.C6H11NO3/c1-3-8(7(9)10)4-6(8)5-11-2;1-7-6(5(9)10)2-4(6)3-8/h6H,3-5H2,1-2H3,(H,9,10);4,7-8H,2-3H2,1H3,(H,9,10)/t6-,8-;4-,6+/m11/s1. The highest BCUT2D eigenvalue weighted by molar-refractivity contribution is 5.83. The Morgan fingerprint density at radius 1 is 1.24 bits per heavy atom. The summed E-state index contributed by atoms with van der Waals surface area (Å²) in [4.78, 5) is 21.3. The Bertz CT molecular complexity index is 401. The van der Waals surface area contributed by atoms with E-state index in [2.05, 4.69) is 5.32 Å². The minimum absolute atomic E-state index is 0.0485. The van der Waals surface area contributed by atoms with Gasteiger partial charge in [0, 0.05) is 19.6 Å². The van der Waals surface area contributed by atoms with E-state index in [1.165, 1.54) is 0 Å². The van der Waals surface area contributed by atoms with Crippen molar-refractivity contribution in [2.24, 2.45) is 17.3 Å². The van der Waals surface area contributed by atoms with Crippen LogP contribution in [-0.4, -0.2) is 60.2 Å². The predicted octanol–water partition coefficient (Wildman–Crippen LogP) is 0.175. The van der Waals surface area contributed by atoms with Gasteiger partial charge in [-0.05, 0) is 32.2 Å². The second kappa shape index (κ2) is 6.72. The minimum atomic E-state index is -0.867. The van der Waals surface area contributed by atoms with Gasteiger partial charge in [-0.2, -0.15) is 0 Å². The lowest BCUT2D eigenvalue weighted by Gasteiger charge is -2.08. The first kappa shape index (κ1) is 17.9. The molecule has 7 heteroatoms. The Balaban J connectivity index is 0.000000211. The van der Waals surface area contributed by atoms with Crippen LogP contribution in [0.15, 0.2) is 0 Å². The van der Waals surface area contributed by atoms with Crippen molar-refractivity contribution < 1.29 is 29.6 Å². The third kappa shape index (κ3) is 3.36. The highest BCUT2D eigenvalue weighted by atomic mass is 16.5. The number of nitrogens with one attached hydrogen (secondary N) is 1. The van der Waals surface area contributed by atoms with Crippen molar-refractivity contribution in [2.75, 3.05) is 27.4 Å². The average Bonchev–Trinajstić information content (AvgIpc) is 3.33. The van der Waals surface area contributed by atoms with Gasteiger partial charge < -0.3 is 25.4 Å². The van der Waals surface area contributed by atoms with E-state index in [4.69, 9.17) is 20.1 Å². The molecule has 2 saturated carbocycles. The fraction of sp³-hybridized carbons (Fsp3) is 0.857. The van der Waals surface area contributed by atoms with Gasteiger partial charge in [-0.15, -0.1) is 0 Å². The Morgan fingerprint density at radius 2 is 1.86 bits per heavy atom. The number of aliphatic carboxylic acids is 2. The van der Waals surface area contributed by atoms with E-state index in [0.29, 0.717) is 13.0 Å². The quantitative estimate of drug-likeness (QED) is 0.530. The average molecular weight is 303 g/mol. The third-order valence-electron chi connectivity index (χ3n) is 4.81. The molecule has 4 atom stereocenters. The molecule has 2 aliphatic rings. The minimum Gasteiger partial charge on any atom is -0.481 e. The number of methoxy groups -OCH3 is 1. The molecule has 2 aliphatic carbocycles. The van der Waals surface area contributed by atoms with Crippen LogP contribution in [0.3, 0.4) is 0 Å². The smallest absolute Gasteiger partial charge is 0.324 e. The van der Waals surface area contributed by atoms with Crippen LogP contribution in [-0.2, 0) is 14.3 Å². The molecule has 0 amide bonds. The molecule has 0 aromatic rings. The van der Waals surface area contributed by atoms with Gasteiger partial charge in [0.1, 0.15) is 5.54 Å². The number of carboxylic acids is 2. The maximum atomic E-state index is 10.7. The number of likely N-dealkylation sites (N-methyl/N-ethyl adjacent to an activating group) is 1. The fourth-order valence-electron chi connectivity index (χ4n) is 2.87. The second-order valence-corrected chi connectivity index (χ2v) is 5.78. The summed E-state index contributed by atoms with van der Waals surface area (Å²) < 4.78 is 4.91. The topological polar surface area (TPSA) is 116 Å². The summed E-state index contributed by atoms with van der Waals surface area (Å²) in [5.41, 5.74) is -1.27. The highest BCUT2D eigenvalue weighted by Crippen LogP contribution is 2.55. The molecule has 0 spiro atoms. The van der Waals surface area contributed by atoms with Crippen LogP contribution >= 0.6 is 0 Å². The summed E-state index contributed by atoms with van der Waals surface area (Å²) in [5.74, 6) is -1.39. The first-order valence-corrected chi connectivity index (χ1v) is 7.10. The van der Waals surface area contributed by atoms with Gasteiger partial charge in [0.25, 0.3) is 0 Å². The molecule has 0 heterocycles. The van der Waals surface area contributed by atoms with Crippen LogP contribution in [0.5, 0.6) is 0 Å². The van der Waals surface area contributed by atoms with Crippen molar-refractivity contribution in [3.63, 3.8) is 0 Å². The van der Waals surface area contributed by atoms with Gasteiger partial charge in [0.05, 0.1) is 12.0 Å². The van der Waals surface area contributed by atoms with Crippen molar-refractivity contribution in [1.82, 2.24) is 5.32 Å². The molecule has 0 radical (unpaired) electrons. The zero-order valence-electron chi connectivity index (χ0n) is 12.8. The second-order valence-electron chi connectivity index (χ2n) is 5.78. The number of aliphatic hydroxyl groups excluding tert-OH is 1. The SMILES string of the molecule is CC[C@@]1(C(=O)O)C[C@@H]1COC.CN[C@@]1(C(=O)O)C[C@@H]1CO. The molecule has 4 N–H and O–H groups in total. The van der Waals surface area contributed by atoms with Crippen LogP contribution < -0.4 is 5.32 Å². The number of rotatable bonds is 7. The van der Waals surface area contributed by atoms with E-state index in [1.54, 1.807) is 14.2 Å². The van der Waals surface area contributed by atoms with E-state index in [1.807, 2.05) is 6.92 Å². The summed E-state index contributed by atoms with van der Waals surface area (Å²) in [6.07, 6.45) is 2.04. The van der Waals surface area contributed by atoms with Crippen LogP contribution in [0.2, 0.25) is 0 Å². The number of ether oxygens (including phenoxy) is 1. The number of carbonyl (C=O) groups is 2. The molecular weight excluding hydrogens is 278 g/mol. The summed E-state index contributed by atoms with van der Waals surface area (Å²) in [6.45, 7) is 2.46. The van der Waals surface area contributed by atoms with E-state index in [9.17, 15) is 9.59 Å². The first-order valence-electron chi connectivity index (χ1n) is 7.10. The zero-order valence-corrected chi connectivity index (χ0v) is 12.8. The number of hydrogen-bond donors (Lipinski definition) is 4. The maximum absolute atomic E-state index is 10.7. The van der Waals surface area contributed by atoms with Crippen molar-refractivity contribution in [1.29, 1.82) is 0 Å². The van der Waals surface area contributed by atoms with Gasteiger partial charge in [0.15, 0.2) is 0 Å². The summed E-state index contributed by atoms with van der Waals surface area (Å²) >= 11 is 0. The normalized spacial score (nSPS) is 36.4. The number of carboxylic acid groups (broad SMARTS) is 2. The Kier molecular flexibility index (Phi) is 5.72. The van der Waals surface area contributed by atoms with Gasteiger partial charge in [-0.3, -0.25) is 9.59 Å². The van der Waals surface area contributed by atoms with Gasteiger partial charge >= 0.3 is 11.9 Å². The van der Waals surface area contributed by atoms with E-state index < -0.39 is 22.9 Å². The fourth-order valence-corrected chi connectivity index (χ4v) is 2.87. The predicted molar refractivity (Wildman–Crippen MR) is 75.0 cm³/mol. The van der Waals surface area contributed by atoms with Crippen molar-refractivity contribution in [3.8, 4) is 0 Å². The van der Waals surface area contributed by atoms with Gasteiger partial charge in [-0.25, -0.2) is 0 Å². The molecule has 0 aromatic carbocycles. The molecule has 0 unspecified atom stereocenters. The molecule has 2 fully saturated rings. The maximum Gasteiger partial charge on any atom is 0.324 e. The van der Waals surface area contributed by atoms with E-state index >= 15 is 0 Å². The van der Waals surface area contributed by atoms with Crippen molar-refractivity contribution in [3.05, 3.63) is 0 Å². The lowest BCUT2D eigenvalue weighted by molar-refractivity contribution is -0.144. The van der Waals surface area contributed by atoms with Crippen LogP contribution in [0, 0.1) is 17.3 Å². The summed E-state index contributed by atoms with van der Waals surface area (Å²) in [5, 5.41) is 28.8. The van der Waals surface area contributed by atoms with Crippen LogP contribution in [0.4, 0.5) is 0 Å². The lowest BCUT2D eigenvalue weighted by Crippen LogP contribution is -2.39. The van der Waals surface area contributed by atoms with Gasteiger partial charge in [0.2, 0.25) is 0 Å². The summed E-state index contributed by atoms with van der Waals surface area (Å²) in [6, 6.07) is 0. The molecule has 0 bridgehead atoms. The molecule has 7 nitrogen and oxygen atoms in total. The molecule has 122 valence electrons.